The van der Waals surface area contributed by atoms with Crippen molar-refractivity contribution in [1.82, 2.24) is 9.29 Å². The third-order valence-electron chi connectivity index (χ3n) is 5.58. The van der Waals surface area contributed by atoms with Crippen LogP contribution in [0.3, 0.4) is 0 Å². The minimum absolute atomic E-state index is 0.111. The Labute approximate surface area is 182 Å². The third-order valence-corrected chi connectivity index (χ3v) is 9.51. The number of amides is 1. The second-order valence-electron chi connectivity index (χ2n) is 7.81. The van der Waals surface area contributed by atoms with E-state index in [1.807, 2.05) is 23.1 Å². The summed E-state index contributed by atoms with van der Waals surface area (Å²) in [5, 5.41) is 0. The van der Waals surface area contributed by atoms with Crippen molar-refractivity contribution in [2.24, 2.45) is 5.92 Å². The van der Waals surface area contributed by atoms with Gasteiger partial charge in [0.05, 0.1) is 22.3 Å². The van der Waals surface area contributed by atoms with Gasteiger partial charge in [-0.25, -0.2) is 26.1 Å². The van der Waals surface area contributed by atoms with Crippen molar-refractivity contribution in [1.29, 1.82) is 0 Å². The van der Waals surface area contributed by atoms with Gasteiger partial charge < -0.3 is 4.90 Å². The summed E-state index contributed by atoms with van der Waals surface area (Å²) in [6.07, 6.45) is 1.70. The van der Waals surface area contributed by atoms with Crippen LogP contribution < -0.4 is 9.21 Å². The van der Waals surface area contributed by atoms with Crippen LogP contribution in [0.1, 0.15) is 12.5 Å². The maximum absolute atomic E-state index is 13.2. The maximum Gasteiger partial charge on any atom is 0.244 e. The Kier molecular flexibility index (Phi) is 5.52. The number of piperazine rings is 1. The van der Waals surface area contributed by atoms with Gasteiger partial charge >= 0.3 is 0 Å². The highest BCUT2D eigenvalue weighted by Crippen LogP contribution is 2.31. The number of aryl methyl sites for hydroxylation is 1. The number of anilines is 2. The van der Waals surface area contributed by atoms with E-state index in [9.17, 15) is 21.6 Å². The molecule has 0 unspecified atom stereocenters. The predicted molar refractivity (Wildman–Crippen MR) is 117 cm³/mol. The second kappa shape index (κ2) is 7.88. The number of sulfonamides is 2. The molecule has 3 heterocycles. The van der Waals surface area contributed by atoms with Gasteiger partial charge in [-0.3, -0.25) is 4.79 Å². The zero-order chi connectivity index (χ0) is 22.4. The average molecular weight is 465 g/mol. The van der Waals surface area contributed by atoms with Crippen molar-refractivity contribution < 1.29 is 21.6 Å². The normalized spacial score (nSPS) is 22.1. The first-order valence-electron chi connectivity index (χ1n) is 9.95. The molecule has 0 aliphatic carbocycles. The van der Waals surface area contributed by atoms with Gasteiger partial charge in [0, 0.05) is 32.4 Å². The van der Waals surface area contributed by atoms with Crippen molar-refractivity contribution in [2.45, 2.75) is 18.7 Å². The standard InChI is InChI=1S/C20H24N4O5S2/c1-15-13-17(24-20(25)16(2)14-30(24,26)27)6-7-18(15)31(28,29)23-11-9-22(10-12-23)19-5-3-4-8-21-19/h3-8,13,16H,9-12,14H2,1-2H3/t16-/m0/s1. The summed E-state index contributed by atoms with van der Waals surface area (Å²) >= 11 is 0. The van der Waals surface area contributed by atoms with Gasteiger partial charge in [0.15, 0.2) is 0 Å². The number of rotatable bonds is 4. The second-order valence-corrected chi connectivity index (χ2v) is 11.6. The van der Waals surface area contributed by atoms with Crippen molar-refractivity contribution >= 4 is 37.5 Å². The SMILES string of the molecule is Cc1cc(N2C(=O)[C@@H](C)CS2(=O)=O)ccc1S(=O)(=O)N1CCN(c2ccccn2)CC1. The number of aromatic nitrogens is 1. The lowest BCUT2D eigenvalue weighted by Gasteiger charge is -2.35. The average Bonchev–Trinajstić information content (AvgIpc) is 2.95. The largest absolute Gasteiger partial charge is 0.354 e. The molecule has 1 amide bonds. The van der Waals surface area contributed by atoms with Gasteiger partial charge in [-0.2, -0.15) is 4.31 Å². The van der Waals surface area contributed by atoms with Crippen molar-refractivity contribution in [3.05, 3.63) is 48.2 Å². The van der Waals surface area contributed by atoms with Gasteiger partial charge in [-0.15, -0.1) is 0 Å². The van der Waals surface area contributed by atoms with Crippen molar-refractivity contribution in [2.75, 3.05) is 41.1 Å². The monoisotopic (exact) mass is 464 g/mol. The van der Waals surface area contributed by atoms with E-state index < -0.39 is 31.9 Å². The lowest BCUT2D eigenvalue weighted by molar-refractivity contribution is -0.119. The Balaban J connectivity index is 1.55. The van der Waals surface area contributed by atoms with Crippen LogP contribution in [0.5, 0.6) is 0 Å². The number of pyridine rings is 1. The zero-order valence-electron chi connectivity index (χ0n) is 17.3. The number of hydrogen-bond donors (Lipinski definition) is 0. The molecule has 31 heavy (non-hydrogen) atoms. The Bertz CT molecular complexity index is 1210. The zero-order valence-corrected chi connectivity index (χ0v) is 18.9. The highest BCUT2D eigenvalue weighted by molar-refractivity contribution is 7.94. The van der Waals surface area contributed by atoms with Crippen molar-refractivity contribution in [3.63, 3.8) is 0 Å². The van der Waals surface area contributed by atoms with Crippen molar-refractivity contribution in [3.8, 4) is 0 Å². The Morgan fingerprint density at radius 2 is 1.77 bits per heavy atom. The van der Waals surface area contributed by atoms with E-state index in [4.69, 9.17) is 0 Å². The summed E-state index contributed by atoms with van der Waals surface area (Å²) in [4.78, 5) is 18.8. The van der Waals surface area contributed by atoms with Crippen LogP contribution in [-0.2, 0) is 24.8 Å². The molecule has 2 fully saturated rings. The topological polar surface area (TPSA) is 108 Å². The van der Waals surface area contributed by atoms with E-state index >= 15 is 0 Å². The van der Waals surface area contributed by atoms with Crippen LogP contribution in [0.15, 0.2) is 47.5 Å². The van der Waals surface area contributed by atoms with Crippen LogP contribution in [0.2, 0.25) is 0 Å². The van der Waals surface area contributed by atoms with E-state index in [2.05, 4.69) is 4.98 Å². The van der Waals surface area contributed by atoms with E-state index in [1.165, 1.54) is 22.5 Å². The Hall–Kier alpha value is -2.50. The minimum atomic E-state index is -3.76. The number of nitrogens with zero attached hydrogens (tertiary/aromatic N) is 4. The summed E-state index contributed by atoms with van der Waals surface area (Å²) in [6, 6.07) is 9.83. The first kappa shape index (κ1) is 21.7. The fourth-order valence-electron chi connectivity index (χ4n) is 3.97. The lowest BCUT2D eigenvalue weighted by Crippen LogP contribution is -2.49. The van der Waals surface area contributed by atoms with Gasteiger partial charge in [-0.05, 0) is 42.8 Å². The first-order valence-corrected chi connectivity index (χ1v) is 13.0. The van der Waals surface area contributed by atoms with Crippen LogP contribution >= 0.6 is 0 Å². The number of hydrogen-bond acceptors (Lipinski definition) is 7. The smallest absolute Gasteiger partial charge is 0.244 e. The molecule has 1 atom stereocenters. The highest BCUT2D eigenvalue weighted by Gasteiger charge is 2.42. The van der Waals surface area contributed by atoms with Gasteiger partial charge in [0.2, 0.25) is 26.0 Å². The van der Waals surface area contributed by atoms with Gasteiger partial charge in [0.1, 0.15) is 5.82 Å². The fourth-order valence-corrected chi connectivity index (χ4v) is 7.41. The molecule has 2 aliphatic heterocycles. The molecule has 4 rings (SSSR count). The number of carbonyl (C=O) groups is 1. The Morgan fingerprint density at radius 3 is 2.32 bits per heavy atom. The van der Waals surface area contributed by atoms with Crippen LogP contribution in [-0.4, -0.2) is 64.0 Å². The van der Waals surface area contributed by atoms with E-state index in [-0.39, 0.29) is 16.3 Å². The quantitative estimate of drug-likeness (QED) is 0.669. The van der Waals surface area contributed by atoms with Gasteiger partial charge in [-0.1, -0.05) is 13.0 Å². The number of benzene rings is 1. The Morgan fingerprint density at radius 1 is 1.06 bits per heavy atom. The molecule has 2 aliphatic rings. The van der Waals surface area contributed by atoms with Gasteiger partial charge in [0.25, 0.3) is 0 Å². The van der Waals surface area contributed by atoms with E-state index in [0.29, 0.717) is 31.7 Å². The lowest BCUT2D eigenvalue weighted by atomic mass is 10.2. The molecule has 9 nitrogen and oxygen atoms in total. The summed E-state index contributed by atoms with van der Waals surface area (Å²) in [5.41, 5.74) is 0.568. The molecule has 0 bridgehead atoms. The first-order chi connectivity index (χ1) is 14.6. The fraction of sp³-hybridized carbons (Fsp3) is 0.400. The van der Waals surface area contributed by atoms with E-state index in [0.717, 1.165) is 10.1 Å². The van der Waals surface area contributed by atoms with Crippen LogP contribution in [0.25, 0.3) is 0 Å². The minimum Gasteiger partial charge on any atom is -0.354 e. The summed E-state index contributed by atoms with van der Waals surface area (Å²) in [7, 11) is -7.50. The molecule has 11 heteroatoms. The summed E-state index contributed by atoms with van der Waals surface area (Å²) < 4.78 is 53.3. The van der Waals surface area contributed by atoms with E-state index in [1.54, 1.807) is 20.0 Å². The molecule has 0 spiro atoms. The molecule has 2 saturated heterocycles. The molecule has 0 N–H and O–H groups in total. The maximum atomic E-state index is 13.2. The molecule has 2 aromatic rings. The molecule has 166 valence electrons. The summed E-state index contributed by atoms with van der Waals surface area (Å²) in [6.45, 7) is 4.85. The molecular weight excluding hydrogens is 440 g/mol. The number of carbonyl (C=O) groups excluding carboxylic acids is 1. The molecule has 0 saturated carbocycles. The molecule has 1 aromatic carbocycles. The third kappa shape index (κ3) is 3.92. The molecular formula is C20H24N4O5S2. The van der Waals surface area contributed by atoms with Crippen LogP contribution in [0, 0.1) is 12.8 Å². The molecule has 0 radical (unpaired) electrons. The predicted octanol–water partition coefficient (Wildman–Crippen LogP) is 1.21. The van der Waals surface area contributed by atoms with Crippen LogP contribution in [0.4, 0.5) is 11.5 Å². The summed E-state index contributed by atoms with van der Waals surface area (Å²) in [5.74, 6) is -0.554. The highest BCUT2D eigenvalue weighted by atomic mass is 32.2. The molecule has 1 aromatic heterocycles.